The monoisotopic (exact) mass is 681 g/mol. The average molecular weight is 682 g/mol. The summed E-state index contributed by atoms with van der Waals surface area (Å²) in [6, 6.07) is 0. The van der Waals surface area contributed by atoms with Gasteiger partial charge in [0.1, 0.15) is 12.7 Å². The maximum Gasteiger partial charge on any atom is 0.303 e. The van der Waals surface area contributed by atoms with Gasteiger partial charge in [0.05, 0.1) is 18.5 Å². The molecule has 191 valence electrons. The second kappa shape index (κ2) is 17.8. The Kier molecular flexibility index (Phi) is 18.6. The molecule has 1 heterocycles. The van der Waals surface area contributed by atoms with Crippen molar-refractivity contribution in [1.82, 2.24) is 0 Å². The summed E-state index contributed by atoms with van der Waals surface area (Å²) in [7, 11) is 0.137. The third kappa shape index (κ3) is 13.2. The maximum atomic E-state index is 11.4. The van der Waals surface area contributed by atoms with Gasteiger partial charge in [-0.05, 0) is 41.3 Å². The normalized spacial score (nSPS) is 24.2. The Hall–Kier alpha value is -0.640. The van der Waals surface area contributed by atoms with Gasteiger partial charge < -0.3 is 23.7 Å². The van der Waals surface area contributed by atoms with E-state index in [1.165, 1.54) is 32.3 Å². The zero-order chi connectivity index (χ0) is 24.1. The molecule has 0 aromatic heterocycles. The molecule has 0 aliphatic carbocycles. The first-order chi connectivity index (χ1) is 14.5. The van der Waals surface area contributed by atoms with Crippen LogP contribution < -0.4 is 0 Å². The number of carbonyl (C=O) groups excluding carboxylic acids is 4. The van der Waals surface area contributed by atoms with Crippen LogP contribution >= 0.6 is 7.92 Å². The molecular weight excluding hydrogens is 644 g/mol. The smallest absolute Gasteiger partial charge is 0.303 e. The van der Waals surface area contributed by atoms with E-state index in [2.05, 4.69) is 33.4 Å². The first-order valence-corrected chi connectivity index (χ1v) is 13.0. The van der Waals surface area contributed by atoms with E-state index in [4.69, 9.17) is 23.7 Å². The van der Waals surface area contributed by atoms with Gasteiger partial charge in [0.2, 0.25) is 6.10 Å². The fraction of sp³-hybridized carbons (Fsp3) is 0.800. The molecule has 5 unspecified atom stereocenters. The van der Waals surface area contributed by atoms with Crippen LogP contribution in [0.15, 0.2) is 0 Å². The molecule has 1 aliphatic rings. The van der Waals surface area contributed by atoms with Gasteiger partial charge in [-0.2, -0.15) is 0 Å². The molecular formula is C20H37AuO9PS+2. The minimum absolute atomic E-state index is 0. The van der Waals surface area contributed by atoms with Crippen LogP contribution in [0, 0.1) is 0 Å². The summed E-state index contributed by atoms with van der Waals surface area (Å²) in [5, 5.41) is 0. The SMILES string of the molecule is CC(=O)OCC1OC([SH2+])C(OC(C)=O)C(OC(C)=O)C1OC(C)=O.CC[PH+](CC)CC.[Au]. The summed E-state index contributed by atoms with van der Waals surface area (Å²) in [4.78, 5) is 45.1. The van der Waals surface area contributed by atoms with Gasteiger partial charge in [-0.3, -0.25) is 19.2 Å². The first kappa shape index (κ1) is 33.5. The summed E-state index contributed by atoms with van der Waals surface area (Å²) in [6.45, 7) is 11.4. The summed E-state index contributed by atoms with van der Waals surface area (Å²) < 4.78 is 25.9. The van der Waals surface area contributed by atoms with Crippen molar-refractivity contribution in [2.24, 2.45) is 0 Å². The van der Waals surface area contributed by atoms with E-state index in [0.717, 1.165) is 13.8 Å². The van der Waals surface area contributed by atoms with Crippen LogP contribution in [0.1, 0.15) is 48.5 Å². The van der Waals surface area contributed by atoms with E-state index in [-0.39, 0.29) is 36.9 Å². The number of rotatable bonds is 8. The van der Waals surface area contributed by atoms with Gasteiger partial charge in [0.25, 0.3) is 5.44 Å². The molecule has 0 saturated carbocycles. The van der Waals surface area contributed by atoms with Gasteiger partial charge in [-0.1, -0.05) is 0 Å². The molecule has 0 N–H and O–H groups in total. The van der Waals surface area contributed by atoms with Crippen molar-refractivity contribution in [2.75, 3.05) is 25.1 Å². The van der Waals surface area contributed by atoms with Gasteiger partial charge in [0, 0.05) is 50.1 Å². The molecule has 0 bridgehead atoms. The molecule has 1 radical (unpaired) electrons. The molecule has 32 heavy (non-hydrogen) atoms. The molecule has 0 aromatic carbocycles. The van der Waals surface area contributed by atoms with Crippen LogP contribution in [0.4, 0.5) is 0 Å². The van der Waals surface area contributed by atoms with Crippen LogP contribution in [-0.2, 0) is 77.9 Å². The Bertz CT molecular complexity index is 598. The molecule has 0 amide bonds. The zero-order valence-corrected chi connectivity index (χ0v) is 23.9. The number of ether oxygens (including phenoxy) is 5. The summed E-state index contributed by atoms with van der Waals surface area (Å²) in [5.74, 6) is -2.52. The number of carbonyl (C=O) groups is 4. The molecule has 1 fully saturated rings. The van der Waals surface area contributed by atoms with E-state index in [0.29, 0.717) is 0 Å². The van der Waals surface area contributed by atoms with E-state index in [1.807, 2.05) is 0 Å². The predicted octanol–water partition coefficient (Wildman–Crippen LogP) is 1.34. The number of hydrogen-bond acceptors (Lipinski definition) is 9. The van der Waals surface area contributed by atoms with E-state index < -0.39 is 53.7 Å². The Morgan fingerprint density at radius 1 is 0.750 bits per heavy atom. The van der Waals surface area contributed by atoms with Crippen LogP contribution in [0.2, 0.25) is 0 Å². The molecule has 1 aliphatic heterocycles. The largest absolute Gasteiger partial charge is 0.463 e. The van der Waals surface area contributed by atoms with Crippen molar-refractivity contribution in [3.05, 3.63) is 0 Å². The Balaban J connectivity index is 0. The van der Waals surface area contributed by atoms with Crippen LogP contribution in [0.25, 0.3) is 0 Å². The molecule has 0 aromatic rings. The number of hydrogen-bond donors (Lipinski definition) is 0. The molecule has 12 heteroatoms. The first-order valence-electron chi connectivity index (χ1n) is 10.3. The Morgan fingerprint density at radius 2 is 1.16 bits per heavy atom. The topological polar surface area (TPSA) is 114 Å². The van der Waals surface area contributed by atoms with Crippen molar-refractivity contribution in [1.29, 1.82) is 0 Å². The third-order valence-corrected chi connectivity index (χ3v) is 7.96. The van der Waals surface area contributed by atoms with Crippen molar-refractivity contribution in [3.8, 4) is 0 Å². The van der Waals surface area contributed by atoms with Gasteiger partial charge >= 0.3 is 23.9 Å². The Morgan fingerprint density at radius 3 is 1.50 bits per heavy atom. The third-order valence-electron chi connectivity index (χ3n) is 4.49. The van der Waals surface area contributed by atoms with Crippen LogP contribution in [0.5, 0.6) is 0 Å². The van der Waals surface area contributed by atoms with Gasteiger partial charge in [0.15, 0.2) is 12.2 Å². The predicted molar refractivity (Wildman–Crippen MR) is 122 cm³/mol. The summed E-state index contributed by atoms with van der Waals surface area (Å²) >= 11 is 3.24. The van der Waals surface area contributed by atoms with Crippen molar-refractivity contribution in [3.63, 3.8) is 0 Å². The van der Waals surface area contributed by atoms with E-state index in [9.17, 15) is 19.2 Å². The quantitative estimate of drug-likeness (QED) is 0.123. The summed E-state index contributed by atoms with van der Waals surface area (Å²) in [5.41, 5.74) is -0.870. The molecule has 1 rings (SSSR count). The van der Waals surface area contributed by atoms with Crippen LogP contribution in [-0.4, -0.2) is 78.8 Å². The Labute approximate surface area is 212 Å². The van der Waals surface area contributed by atoms with Crippen molar-refractivity contribution < 1.29 is 65.2 Å². The minimum Gasteiger partial charge on any atom is -0.463 e. The summed E-state index contributed by atoms with van der Waals surface area (Å²) in [6.07, 6.45) is 0.139. The maximum absolute atomic E-state index is 11.4. The van der Waals surface area contributed by atoms with Crippen molar-refractivity contribution >= 4 is 44.4 Å². The second-order valence-electron chi connectivity index (χ2n) is 6.93. The second-order valence-corrected chi connectivity index (χ2v) is 11.1. The average Bonchev–Trinajstić information content (AvgIpc) is 2.66. The molecule has 0 spiro atoms. The fourth-order valence-corrected chi connectivity index (χ4v) is 4.91. The van der Waals surface area contributed by atoms with Crippen LogP contribution in [0.3, 0.4) is 0 Å². The van der Waals surface area contributed by atoms with E-state index >= 15 is 0 Å². The zero-order valence-electron chi connectivity index (χ0n) is 19.7. The van der Waals surface area contributed by atoms with Crippen molar-refractivity contribution in [2.45, 2.75) is 78.3 Å². The molecule has 9 nitrogen and oxygen atoms in total. The minimum atomic E-state index is -1.13. The van der Waals surface area contributed by atoms with Gasteiger partial charge in [-0.25, -0.2) is 0 Å². The molecule has 5 atom stereocenters. The molecule has 1 saturated heterocycles. The fourth-order valence-electron chi connectivity index (χ4n) is 2.98. The van der Waals surface area contributed by atoms with E-state index in [1.54, 1.807) is 0 Å². The van der Waals surface area contributed by atoms with Gasteiger partial charge in [-0.15, -0.1) is 0 Å². The standard InChI is InChI=1S/C14H20O9S.C6H15P.Au/c1-6(15)19-5-10-11(20-7(2)16)12(21-8(3)17)13(14(24)23-10)22-9(4)18;1-4-7(5-2)6-3;/h10-14,24H,5H2,1-4H3;4-6H2,1-3H3;/p+2. The number of esters is 4.